The van der Waals surface area contributed by atoms with Crippen molar-refractivity contribution in [3.63, 3.8) is 0 Å². The van der Waals surface area contributed by atoms with Crippen molar-refractivity contribution in [3.8, 4) is 5.75 Å². The van der Waals surface area contributed by atoms with Crippen molar-refractivity contribution in [2.45, 2.75) is 18.5 Å². The Balaban J connectivity index is 1.55. The van der Waals surface area contributed by atoms with Crippen LogP contribution in [0.5, 0.6) is 5.75 Å². The number of nitrogens with one attached hydrogen (secondary N) is 2. The molecule has 162 valence electrons. The molecule has 0 aliphatic carbocycles. The van der Waals surface area contributed by atoms with Crippen molar-refractivity contribution in [1.82, 2.24) is 14.8 Å². The van der Waals surface area contributed by atoms with Crippen LogP contribution in [0, 0.1) is 6.92 Å². The lowest BCUT2D eigenvalue weighted by atomic mass is 10.2. The molecular formula is C21H22ClN5O3S. The summed E-state index contributed by atoms with van der Waals surface area (Å²) in [5.74, 6) is 0.883. The quantitative estimate of drug-likeness (QED) is 0.498. The molecule has 2 aromatic carbocycles. The van der Waals surface area contributed by atoms with Crippen LogP contribution in [0.2, 0.25) is 5.02 Å². The first-order valence-corrected chi connectivity index (χ1v) is 10.7. The third kappa shape index (κ3) is 5.99. The highest BCUT2D eigenvalue weighted by atomic mass is 35.5. The first-order valence-electron chi connectivity index (χ1n) is 9.37. The fraction of sp³-hybridized carbons (Fsp3) is 0.238. The molecule has 0 radical (unpaired) electrons. The largest absolute Gasteiger partial charge is 0.497 e. The average molecular weight is 460 g/mol. The van der Waals surface area contributed by atoms with Gasteiger partial charge in [0.25, 0.3) is 0 Å². The Kier molecular flexibility index (Phi) is 7.54. The molecule has 0 fully saturated rings. The fourth-order valence-electron chi connectivity index (χ4n) is 2.73. The number of benzene rings is 2. The molecule has 2 N–H and O–H groups in total. The van der Waals surface area contributed by atoms with Crippen LogP contribution in [-0.2, 0) is 23.1 Å². The number of thioether (sulfide) groups is 1. The molecule has 2 amide bonds. The molecule has 1 aromatic heterocycles. The van der Waals surface area contributed by atoms with Gasteiger partial charge in [0.1, 0.15) is 11.6 Å². The summed E-state index contributed by atoms with van der Waals surface area (Å²) in [4.78, 5) is 24.7. The Morgan fingerprint density at radius 3 is 2.68 bits per heavy atom. The molecule has 0 aliphatic heterocycles. The molecule has 3 aromatic rings. The smallest absolute Gasteiger partial charge is 0.234 e. The third-order valence-corrected chi connectivity index (χ3v) is 5.90. The third-order valence-electron chi connectivity index (χ3n) is 4.47. The summed E-state index contributed by atoms with van der Waals surface area (Å²) in [5, 5.41) is 14.9. The van der Waals surface area contributed by atoms with E-state index in [2.05, 4.69) is 20.8 Å². The molecule has 1 heterocycles. The van der Waals surface area contributed by atoms with Crippen molar-refractivity contribution in [3.05, 3.63) is 58.9 Å². The fourth-order valence-corrected chi connectivity index (χ4v) is 3.64. The second-order valence-corrected chi connectivity index (χ2v) is 8.01. The number of hydrogen-bond donors (Lipinski definition) is 2. The van der Waals surface area contributed by atoms with Gasteiger partial charge < -0.3 is 19.9 Å². The van der Waals surface area contributed by atoms with Crippen LogP contribution in [0.1, 0.15) is 11.4 Å². The lowest BCUT2D eigenvalue weighted by molar-refractivity contribution is -0.116. The first-order chi connectivity index (χ1) is 14.9. The molecule has 0 spiro atoms. The van der Waals surface area contributed by atoms with Crippen molar-refractivity contribution in [1.29, 1.82) is 0 Å². The van der Waals surface area contributed by atoms with Crippen molar-refractivity contribution < 1.29 is 14.3 Å². The van der Waals surface area contributed by atoms with Crippen LogP contribution in [-0.4, -0.2) is 39.4 Å². The zero-order valence-corrected chi connectivity index (χ0v) is 18.9. The van der Waals surface area contributed by atoms with Gasteiger partial charge in [-0.15, -0.1) is 10.2 Å². The van der Waals surface area contributed by atoms with Crippen molar-refractivity contribution in [2.75, 3.05) is 23.5 Å². The maximum absolute atomic E-state index is 12.4. The van der Waals surface area contributed by atoms with Gasteiger partial charge in [-0.2, -0.15) is 0 Å². The molecule has 0 bridgehead atoms. The highest BCUT2D eigenvalue weighted by Gasteiger charge is 2.15. The van der Waals surface area contributed by atoms with Gasteiger partial charge in [-0.25, -0.2) is 0 Å². The molecule has 0 atom stereocenters. The van der Waals surface area contributed by atoms with E-state index < -0.39 is 0 Å². The molecule has 3 rings (SSSR count). The number of ether oxygens (including phenoxy) is 1. The molecule has 10 heteroatoms. The second-order valence-electron chi connectivity index (χ2n) is 6.66. The van der Waals surface area contributed by atoms with E-state index >= 15 is 0 Å². The molecule has 0 unspecified atom stereocenters. The zero-order valence-electron chi connectivity index (χ0n) is 17.3. The highest BCUT2D eigenvalue weighted by molar-refractivity contribution is 7.99. The number of halogens is 1. The summed E-state index contributed by atoms with van der Waals surface area (Å²) < 4.78 is 6.86. The van der Waals surface area contributed by atoms with Gasteiger partial charge in [0.15, 0.2) is 5.16 Å². The Hall–Kier alpha value is -3.04. The van der Waals surface area contributed by atoms with Gasteiger partial charge in [0.05, 0.1) is 19.3 Å². The van der Waals surface area contributed by atoms with E-state index in [1.807, 2.05) is 6.92 Å². The van der Waals surface area contributed by atoms with Crippen LogP contribution in [0.25, 0.3) is 0 Å². The SMILES string of the molecule is COc1cccc(NC(=O)Cc2nnc(SCC(=O)Nc3cccc(Cl)c3C)n2C)c1. The van der Waals surface area contributed by atoms with E-state index in [4.69, 9.17) is 16.3 Å². The Morgan fingerprint density at radius 2 is 1.90 bits per heavy atom. The van der Waals surface area contributed by atoms with E-state index in [9.17, 15) is 9.59 Å². The predicted molar refractivity (Wildman–Crippen MR) is 122 cm³/mol. The number of aromatic nitrogens is 3. The Morgan fingerprint density at radius 1 is 1.13 bits per heavy atom. The average Bonchev–Trinajstić information content (AvgIpc) is 3.09. The lowest BCUT2D eigenvalue weighted by Gasteiger charge is -2.09. The molecule has 0 aliphatic rings. The molecule has 0 saturated carbocycles. The second kappa shape index (κ2) is 10.3. The Bertz CT molecular complexity index is 1100. The number of anilines is 2. The topological polar surface area (TPSA) is 98.1 Å². The predicted octanol–water partition coefficient (Wildman–Crippen LogP) is 3.70. The van der Waals surface area contributed by atoms with Gasteiger partial charge in [0, 0.05) is 29.5 Å². The van der Waals surface area contributed by atoms with E-state index in [0.717, 1.165) is 5.56 Å². The van der Waals surface area contributed by atoms with Gasteiger partial charge in [-0.05, 0) is 36.8 Å². The summed E-state index contributed by atoms with van der Waals surface area (Å²) in [6, 6.07) is 12.4. The maximum atomic E-state index is 12.4. The van der Waals surface area contributed by atoms with Crippen molar-refractivity contribution in [2.24, 2.45) is 7.05 Å². The number of nitrogens with zero attached hydrogens (tertiary/aromatic N) is 3. The van der Waals surface area contributed by atoms with Gasteiger partial charge in [-0.1, -0.05) is 35.5 Å². The summed E-state index contributed by atoms with van der Waals surface area (Å²) >= 11 is 7.32. The minimum atomic E-state index is -0.227. The maximum Gasteiger partial charge on any atom is 0.234 e. The van der Waals surface area contributed by atoms with Crippen LogP contribution >= 0.6 is 23.4 Å². The summed E-state index contributed by atoms with van der Waals surface area (Å²) in [6.07, 6.45) is 0.0508. The lowest BCUT2D eigenvalue weighted by Crippen LogP contribution is -2.17. The number of carbonyl (C=O) groups excluding carboxylic acids is 2. The van der Waals surface area contributed by atoms with Crippen molar-refractivity contribution >= 4 is 46.6 Å². The summed E-state index contributed by atoms with van der Waals surface area (Å²) in [7, 11) is 3.33. The monoisotopic (exact) mass is 459 g/mol. The van der Waals surface area contributed by atoms with E-state index in [0.29, 0.717) is 33.1 Å². The number of methoxy groups -OCH3 is 1. The standard InChI is InChI=1S/C21H22ClN5O3S/c1-13-16(22)8-5-9-17(13)24-20(29)12-31-21-26-25-18(27(21)2)11-19(28)23-14-6-4-7-15(10-14)30-3/h4-10H,11-12H2,1-3H3,(H,23,28)(H,24,29). The summed E-state index contributed by atoms with van der Waals surface area (Å²) in [6.45, 7) is 1.84. The number of amides is 2. The number of hydrogen-bond acceptors (Lipinski definition) is 6. The molecule has 31 heavy (non-hydrogen) atoms. The zero-order chi connectivity index (χ0) is 22.4. The van der Waals surface area contributed by atoms with E-state index in [1.165, 1.54) is 11.8 Å². The minimum Gasteiger partial charge on any atom is -0.497 e. The van der Waals surface area contributed by atoms with Crippen LogP contribution in [0.3, 0.4) is 0 Å². The van der Waals surface area contributed by atoms with Gasteiger partial charge in [-0.3, -0.25) is 9.59 Å². The molecular weight excluding hydrogens is 438 g/mol. The molecule has 0 saturated heterocycles. The first kappa shape index (κ1) is 22.6. The highest BCUT2D eigenvalue weighted by Crippen LogP contribution is 2.24. The van der Waals surface area contributed by atoms with Gasteiger partial charge >= 0.3 is 0 Å². The summed E-state index contributed by atoms with van der Waals surface area (Å²) in [5.41, 5.74) is 2.12. The normalized spacial score (nSPS) is 10.6. The van der Waals surface area contributed by atoms with Crippen LogP contribution < -0.4 is 15.4 Å². The Labute approximate surface area is 189 Å². The van der Waals surface area contributed by atoms with E-state index in [-0.39, 0.29) is 24.0 Å². The van der Waals surface area contributed by atoms with Crippen LogP contribution in [0.4, 0.5) is 11.4 Å². The molecule has 8 nitrogen and oxygen atoms in total. The number of rotatable bonds is 8. The minimum absolute atomic E-state index is 0.0508. The van der Waals surface area contributed by atoms with E-state index in [1.54, 1.807) is 61.2 Å². The number of carbonyl (C=O) groups is 2. The van der Waals surface area contributed by atoms with Crippen LogP contribution in [0.15, 0.2) is 47.6 Å². The van der Waals surface area contributed by atoms with Gasteiger partial charge in [0.2, 0.25) is 11.8 Å².